The molecule has 0 saturated heterocycles. The topological polar surface area (TPSA) is 38.3 Å². The number of carbonyl (C=O) groups excluding carboxylic acids is 1. The van der Waals surface area contributed by atoms with E-state index in [1.54, 1.807) is 18.2 Å². The zero-order chi connectivity index (χ0) is 12.5. The molecule has 1 aromatic rings. The Hall–Kier alpha value is -1.77. The summed E-state index contributed by atoms with van der Waals surface area (Å²) in [5.74, 6) is 0.739. The number of hydrogen-bond donors (Lipinski definition) is 1. The molecule has 0 bridgehead atoms. The minimum atomic E-state index is -0.0612. The van der Waals surface area contributed by atoms with Gasteiger partial charge in [-0.3, -0.25) is 4.79 Å². The van der Waals surface area contributed by atoms with Crippen molar-refractivity contribution >= 4 is 5.91 Å². The molecule has 3 nitrogen and oxygen atoms in total. The Labute approximate surface area is 102 Å². The molecule has 0 saturated carbocycles. The second-order valence-electron chi connectivity index (χ2n) is 3.71. The van der Waals surface area contributed by atoms with Crippen LogP contribution in [0.5, 0.6) is 5.75 Å². The molecule has 0 fully saturated rings. The maximum absolute atomic E-state index is 11.7. The Kier molecular flexibility index (Phi) is 5.86. The number of rotatable bonds is 7. The molecule has 0 aliphatic carbocycles. The van der Waals surface area contributed by atoms with Crippen LogP contribution in [-0.4, -0.2) is 19.1 Å². The minimum absolute atomic E-state index is 0.0612. The summed E-state index contributed by atoms with van der Waals surface area (Å²) in [6.07, 6.45) is 3.54. The number of amides is 1. The first-order chi connectivity index (χ1) is 8.27. The van der Waals surface area contributed by atoms with Gasteiger partial charge in [-0.05, 0) is 37.1 Å². The number of benzene rings is 1. The fourth-order valence-electron chi connectivity index (χ4n) is 1.31. The lowest BCUT2D eigenvalue weighted by Crippen LogP contribution is -2.23. The van der Waals surface area contributed by atoms with Gasteiger partial charge in [0.2, 0.25) is 0 Å². The number of ether oxygens (including phenoxy) is 1. The van der Waals surface area contributed by atoms with Gasteiger partial charge >= 0.3 is 0 Å². The Morgan fingerprint density at radius 2 is 2.12 bits per heavy atom. The van der Waals surface area contributed by atoms with Crippen LogP contribution in [0.25, 0.3) is 0 Å². The van der Waals surface area contributed by atoms with Crippen molar-refractivity contribution in [1.29, 1.82) is 0 Å². The highest BCUT2D eigenvalue weighted by Crippen LogP contribution is 2.12. The second kappa shape index (κ2) is 7.49. The first kappa shape index (κ1) is 13.3. The van der Waals surface area contributed by atoms with Crippen LogP contribution >= 0.6 is 0 Å². The van der Waals surface area contributed by atoms with E-state index in [9.17, 15) is 4.79 Å². The summed E-state index contributed by atoms with van der Waals surface area (Å²) in [5, 5.41) is 2.81. The van der Waals surface area contributed by atoms with E-state index in [1.165, 1.54) is 0 Å². The van der Waals surface area contributed by atoms with Crippen LogP contribution in [0.4, 0.5) is 0 Å². The van der Waals surface area contributed by atoms with Gasteiger partial charge in [0.15, 0.2) is 0 Å². The quantitative estimate of drug-likeness (QED) is 0.581. The van der Waals surface area contributed by atoms with E-state index in [-0.39, 0.29) is 5.91 Å². The van der Waals surface area contributed by atoms with Crippen molar-refractivity contribution in [3.8, 4) is 5.75 Å². The van der Waals surface area contributed by atoms with E-state index >= 15 is 0 Å². The second-order valence-corrected chi connectivity index (χ2v) is 3.71. The van der Waals surface area contributed by atoms with Crippen molar-refractivity contribution in [3.05, 3.63) is 42.5 Å². The van der Waals surface area contributed by atoms with Gasteiger partial charge in [-0.1, -0.05) is 13.0 Å². The summed E-state index contributed by atoms with van der Waals surface area (Å²) < 4.78 is 5.44. The van der Waals surface area contributed by atoms with E-state index < -0.39 is 0 Å². The third-order valence-electron chi connectivity index (χ3n) is 2.22. The first-order valence-electron chi connectivity index (χ1n) is 5.90. The first-order valence-corrected chi connectivity index (χ1v) is 5.90. The van der Waals surface area contributed by atoms with Gasteiger partial charge in [0.1, 0.15) is 5.75 Å². The smallest absolute Gasteiger partial charge is 0.251 e. The summed E-state index contributed by atoms with van der Waals surface area (Å²) in [6.45, 7) is 6.98. The molecule has 0 aliphatic rings. The molecule has 0 unspecified atom stereocenters. The van der Waals surface area contributed by atoms with Crippen LogP contribution in [0.15, 0.2) is 36.9 Å². The molecule has 0 atom stereocenters. The normalized spacial score (nSPS) is 9.71. The van der Waals surface area contributed by atoms with E-state index in [0.717, 1.165) is 18.6 Å². The fourth-order valence-corrected chi connectivity index (χ4v) is 1.31. The van der Waals surface area contributed by atoms with Crippen LogP contribution in [0.3, 0.4) is 0 Å². The van der Waals surface area contributed by atoms with E-state index in [2.05, 4.69) is 18.8 Å². The van der Waals surface area contributed by atoms with E-state index in [1.807, 2.05) is 12.1 Å². The molecule has 1 rings (SSSR count). The lowest BCUT2D eigenvalue weighted by molar-refractivity contribution is 0.0954. The molecule has 0 aliphatic heterocycles. The van der Waals surface area contributed by atoms with Gasteiger partial charge in [-0.25, -0.2) is 0 Å². The van der Waals surface area contributed by atoms with Crippen LogP contribution < -0.4 is 10.1 Å². The molecule has 3 heteroatoms. The molecule has 0 aromatic heterocycles. The molecule has 1 aromatic carbocycles. The summed E-state index contributed by atoms with van der Waals surface area (Å²) in [5.41, 5.74) is 0.651. The zero-order valence-electron chi connectivity index (χ0n) is 10.2. The lowest BCUT2D eigenvalue weighted by atomic mass is 10.2. The van der Waals surface area contributed by atoms with Gasteiger partial charge in [-0.2, -0.15) is 0 Å². The predicted molar refractivity (Wildman–Crippen MR) is 69.4 cm³/mol. The molecular weight excluding hydrogens is 214 g/mol. The van der Waals surface area contributed by atoms with Crippen LogP contribution in [0.1, 0.15) is 30.1 Å². The molecular formula is C14H19NO2. The highest BCUT2D eigenvalue weighted by Gasteiger charge is 2.04. The molecule has 0 heterocycles. The Morgan fingerprint density at radius 3 is 2.71 bits per heavy atom. The Balaban J connectivity index is 2.48. The van der Waals surface area contributed by atoms with Crippen LogP contribution in [0.2, 0.25) is 0 Å². The van der Waals surface area contributed by atoms with Crippen molar-refractivity contribution < 1.29 is 9.53 Å². The van der Waals surface area contributed by atoms with Gasteiger partial charge in [0.05, 0.1) is 6.61 Å². The largest absolute Gasteiger partial charge is 0.494 e. The third-order valence-corrected chi connectivity index (χ3v) is 2.22. The minimum Gasteiger partial charge on any atom is -0.494 e. The third kappa shape index (κ3) is 4.72. The van der Waals surface area contributed by atoms with Gasteiger partial charge in [0, 0.05) is 12.1 Å². The summed E-state index contributed by atoms with van der Waals surface area (Å²) in [7, 11) is 0. The maximum atomic E-state index is 11.7. The average Bonchev–Trinajstić information content (AvgIpc) is 2.37. The Morgan fingerprint density at radius 1 is 1.41 bits per heavy atom. The molecule has 92 valence electrons. The summed E-state index contributed by atoms with van der Waals surface area (Å²) >= 11 is 0. The monoisotopic (exact) mass is 233 g/mol. The molecule has 17 heavy (non-hydrogen) atoms. The number of nitrogens with one attached hydrogen (secondary N) is 1. The van der Waals surface area contributed by atoms with Crippen LogP contribution in [-0.2, 0) is 0 Å². The van der Waals surface area contributed by atoms with Crippen molar-refractivity contribution in [1.82, 2.24) is 5.32 Å². The maximum Gasteiger partial charge on any atom is 0.251 e. The summed E-state index contributed by atoms with van der Waals surface area (Å²) in [4.78, 5) is 11.7. The zero-order valence-corrected chi connectivity index (χ0v) is 10.2. The molecule has 1 amide bonds. The van der Waals surface area contributed by atoms with Gasteiger partial charge < -0.3 is 10.1 Å². The van der Waals surface area contributed by atoms with Crippen molar-refractivity contribution in [2.45, 2.75) is 19.8 Å². The molecule has 0 radical (unpaired) electrons. The predicted octanol–water partition coefficient (Wildman–Crippen LogP) is 2.78. The number of carbonyl (C=O) groups is 1. The van der Waals surface area contributed by atoms with Crippen molar-refractivity contribution in [2.24, 2.45) is 0 Å². The van der Waals surface area contributed by atoms with Crippen molar-refractivity contribution in [2.75, 3.05) is 13.2 Å². The van der Waals surface area contributed by atoms with Gasteiger partial charge in [-0.15, -0.1) is 6.58 Å². The molecule has 0 spiro atoms. The SMILES string of the molecule is C=CCCNC(=O)c1ccc(OCCC)cc1. The Bertz CT molecular complexity index is 357. The van der Waals surface area contributed by atoms with E-state index in [4.69, 9.17) is 4.74 Å². The fraction of sp³-hybridized carbons (Fsp3) is 0.357. The van der Waals surface area contributed by atoms with Crippen molar-refractivity contribution in [3.63, 3.8) is 0 Å². The average molecular weight is 233 g/mol. The number of hydrogen-bond acceptors (Lipinski definition) is 2. The standard InChI is InChI=1S/C14H19NO2/c1-3-5-10-15-14(16)12-6-8-13(9-7-12)17-11-4-2/h3,6-9H,1,4-5,10-11H2,2H3,(H,15,16). The lowest BCUT2D eigenvalue weighted by Gasteiger charge is -2.06. The highest BCUT2D eigenvalue weighted by molar-refractivity contribution is 5.94. The highest BCUT2D eigenvalue weighted by atomic mass is 16.5. The van der Waals surface area contributed by atoms with Crippen LogP contribution in [0, 0.1) is 0 Å². The summed E-state index contributed by atoms with van der Waals surface area (Å²) in [6, 6.07) is 7.18. The van der Waals surface area contributed by atoms with Gasteiger partial charge in [0.25, 0.3) is 5.91 Å². The molecule has 1 N–H and O–H groups in total. The van der Waals surface area contributed by atoms with E-state index in [0.29, 0.717) is 18.7 Å².